The quantitative estimate of drug-likeness (QED) is 0.271. The SMILES string of the molecule is CC(C)CCCCCCCCCc1cccc(N=C=O)c1N=C=O. The van der Waals surface area contributed by atoms with E-state index in [4.69, 9.17) is 0 Å². The molecular formula is C20H28N2O2. The van der Waals surface area contributed by atoms with Gasteiger partial charge < -0.3 is 0 Å². The number of rotatable bonds is 12. The zero-order valence-electron chi connectivity index (χ0n) is 14.9. The summed E-state index contributed by atoms with van der Waals surface area (Å²) in [6.45, 7) is 4.55. The monoisotopic (exact) mass is 328 g/mol. The fourth-order valence-corrected chi connectivity index (χ4v) is 2.85. The molecule has 1 aromatic rings. The summed E-state index contributed by atoms with van der Waals surface area (Å²) in [5.74, 6) is 0.813. The molecule has 24 heavy (non-hydrogen) atoms. The Labute approximate surface area is 145 Å². The van der Waals surface area contributed by atoms with Gasteiger partial charge in [-0.15, -0.1) is 0 Å². The summed E-state index contributed by atoms with van der Waals surface area (Å²) in [5.41, 5.74) is 1.77. The molecule has 0 saturated carbocycles. The van der Waals surface area contributed by atoms with E-state index in [1.165, 1.54) is 44.6 Å². The predicted octanol–water partition coefficient (Wildman–Crippen LogP) is 5.94. The molecule has 0 unspecified atom stereocenters. The highest BCUT2D eigenvalue weighted by molar-refractivity contribution is 5.71. The molecule has 0 spiro atoms. The summed E-state index contributed by atoms with van der Waals surface area (Å²) in [7, 11) is 0. The lowest BCUT2D eigenvalue weighted by atomic mass is 10.0. The third-order valence-electron chi connectivity index (χ3n) is 4.15. The molecule has 0 N–H and O–H groups in total. The Hall–Kier alpha value is -2.02. The van der Waals surface area contributed by atoms with Crippen molar-refractivity contribution in [3.05, 3.63) is 23.8 Å². The van der Waals surface area contributed by atoms with Crippen LogP contribution in [-0.2, 0) is 16.0 Å². The van der Waals surface area contributed by atoms with Gasteiger partial charge in [-0.25, -0.2) is 9.59 Å². The van der Waals surface area contributed by atoms with E-state index in [2.05, 4.69) is 23.8 Å². The van der Waals surface area contributed by atoms with Crippen molar-refractivity contribution in [3.63, 3.8) is 0 Å². The summed E-state index contributed by atoms with van der Waals surface area (Å²) in [5, 5.41) is 0. The van der Waals surface area contributed by atoms with Gasteiger partial charge in [-0.2, -0.15) is 9.98 Å². The Balaban J connectivity index is 2.34. The van der Waals surface area contributed by atoms with Gasteiger partial charge in [-0.05, 0) is 30.4 Å². The fourth-order valence-electron chi connectivity index (χ4n) is 2.85. The topological polar surface area (TPSA) is 58.9 Å². The van der Waals surface area contributed by atoms with Crippen LogP contribution in [0.1, 0.15) is 70.8 Å². The highest BCUT2D eigenvalue weighted by Gasteiger charge is 2.07. The van der Waals surface area contributed by atoms with Gasteiger partial charge in [-0.3, -0.25) is 0 Å². The summed E-state index contributed by atoms with van der Waals surface area (Å²) in [6.07, 6.45) is 13.9. The number of unbranched alkanes of at least 4 members (excludes halogenated alkanes) is 6. The molecule has 4 nitrogen and oxygen atoms in total. The van der Waals surface area contributed by atoms with E-state index in [0.717, 1.165) is 30.7 Å². The molecule has 0 aliphatic carbocycles. The Kier molecular flexibility index (Phi) is 10.4. The van der Waals surface area contributed by atoms with Crippen LogP contribution < -0.4 is 0 Å². The minimum absolute atomic E-state index is 0.385. The highest BCUT2D eigenvalue weighted by atomic mass is 16.1. The first-order valence-corrected chi connectivity index (χ1v) is 8.96. The maximum Gasteiger partial charge on any atom is 0.240 e. The van der Waals surface area contributed by atoms with Gasteiger partial charge >= 0.3 is 0 Å². The lowest BCUT2D eigenvalue weighted by Crippen LogP contribution is -1.89. The molecule has 0 aliphatic rings. The van der Waals surface area contributed by atoms with E-state index in [9.17, 15) is 9.59 Å². The predicted molar refractivity (Wildman–Crippen MR) is 97.5 cm³/mol. The molecule has 1 aromatic carbocycles. The van der Waals surface area contributed by atoms with E-state index in [-0.39, 0.29) is 0 Å². The van der Waals surface area contributed by atoms with Gasteiger partial charge in [0.25, 0.3) is 0 Å². The van der Waals surface area contributed by atoms with Crippen LogP contribution in [0, 0.1) is 5.92 Å². The number of carbonyl (C=O) groups excluding carboxylic acids is 2. The molecule has 0 radical (unpaired) electrons. The molecule has 0 bridgehead atoms. The molecule has 0 saturated heterocycles. The Morgan fingerprint density at radius 3 is 2.12 bits per heavy atom. The average Bonchev–Trinajstić information content (AvgIpc) is 2.56. The minimum atomic E-state index is 0.385. The van der Waals surface area contributed by atoms with Gasteiger partial charge in [0, 0.05) is 0 Å². The minimum Gasteiger partial charge on any atom is -0.211 e. The van der Waals surface area contributed by atoms with E-state index in [1.807, 2.05) is 12.1 Å². The highest BCUT2D eigenvalue weighted by Crippen LogP contribution is 2.32. The van der Waals surface area contributed by atoms with Crippen LogP contribution in [0.3, 0.4) is 0 Å². The lowest BCUT2D eigenvalue weighted by molar-refractivity contribution is 0.509. The molecule has 0 aromatic heterocycles. The molecule has 0 heterocycles. The van der Waals surface area contributed by atoms with Crippen LogP contribution >= 0.6 is 0 Å². The van der Waals surface area contributed by atoms with E-state index >= 15 is 0 Å². The van der Waals surface area contributed by atoms with Crippen molar-refractivity contribution in [1.29, 1.82) is 0 Å². The van der Waals surface area contributed by atoms with Crippen LogP contribution in [0.2, 0.25) is 0 Å². The maximum absolute atomic E-state index is 10.6. The Bertz CT molecular complexity index is 583. The summed E-state index contributed by atoms with van der Waals surface area (Å²) < 4.78 is 0. The first-order chi connectivity index (χ1) is 11.7. The van der Waals surface area contributed by atoms with E-state index < -0.39 is 0 Å². The van der Waals surface area contributed by atoms with Crippen LogP contribution in [0.15, 0.2) is 28.2 Å². The summed E-state index contributed by atoms with van der Waals surface area (Å²) in [6, 6.07) is 5.40. The fraction of sp³-hybridized carbons (Fsp3) is 0.600. The van der Waals surface area contributed by atoms with Crippen molar-refractivity contribution in [2.45, 2.75) is 71.6 Å². The van der Waals surface area contributed by atoms with Crippen molar-refractivity contribution in [1.82, 2.24) is 0 Å². The smallest absolute Gasteiger partial charge is 0.211 e. The second-order valence-corrected chi connectivity index (χ2v) is 6.60. The zero-order valence-corrected chi connectivity index (χ0v) is 14.9. The van der Waals surface area contributed by atoms with Crippen molar-refractivity contribution in [2.75, 3.05) is 0 Å². The van der Waals surface area contributed by atoms with Gasteiger partial charge in [0.15, 0.2) is 0 Å². The lowest BCUT2D eigenvalue weighted by Gasteiger charge is -2.07. The molecule has 130 valence electrons. The second-order valence-electron chi connectivity index (χ2n) is 6.60. The van der Waals surface area contributed by atoms with Gasteiger partial charge in [0.05, 0.1) is 0 Å². The van der Waals surface area contributed by atoms with Crippen LogP contribution in [-0.4, -0.2) is 12.2 Å². The number of aryl methyl sites for hydroxylation is 1. The molecule has 0 fully saturated rings. The number of nitrogens with zero attached hydrogens (tertiary/aromatic N) is 2. The molecule has 0 atom stereocenters. The van der Waals surface area contributed by atoms with Gasteiger partial charge in [-0.1, -0.05) is 70.9 Å². The van der Waals surface area contributed by atoms with Crippen LogP contribution in [0.25, 0.3) is 0 Å². The van der Waals surface area contributed by atoms with Gasteiger partial charge in [0.1, 0.15) is 11.4 Å². The molecule has 0 aliphatic heterocycles. The molecule has 4 heteroatoms. The second kappa shape index (κ2) is 12.4. The summed E-state index contributed by atoms with van der Waals surface area (Å²) in [4.78, 5) is 28.4. The Morgan fingerprint density at radius 1 is 0.875 bits per heavy atom. The third-order valence-corrected chi connectivity index (χ3v) is 4.15. The normalized spacial score (nSPS) is 10.3. The first-order valence-electron chi connectivity index (χ1n) is 8.96. The number of aliphatic imine (C=N–C) groups is 2. The van der Waals surface area contributed by atoms with Crippen LogP contribution in [0.4, 0.5) is 11.4 Å². The largest absolute Gasteiger partial charge is 0.240 e. The number of para-hydroxylation sites is 1. The van der Waals surface area contributed by atoms with E-state index in [0.29, 0.717) is 11.4 Å². The van der Waals surface area contributed by atoms with Crippen molar-refractivity contribution in [2.24, 2.45) is 15.9 Å². The standard InChI is InChI=1S/C20H28N2O2/c1-17(2)11-8-6-4-3-5-7-9-12-18-13-10-14-19(21-15-23)20(18)22-16-24/h10,13-14,17H,3-9,11-12H2,1-2H3. The Morgan fingerprint density at radius 2 is 1.50 bits per heavy atom. The maximum atomic E-state index is 10.6. The van der Waals surface area contributed by atoms with Crippen molar-refractivity contribution >= 4 is 23.5 Å². The average molecular weight is 328 g/mol. The number of isocyanates is 2. The summed E-state index contributed by atoms with van der Waals surface area (Å²) >= 11 is 0. The zero-order chi connectivity index (χ0) is 17.6. The van der Waals surface area contributed by atoms with Crippen LogP contribution in [0.5, 0.6) is 0 Å². The third kappa shape index (κ3) is 8.01. The van der Waals surface area contributed by atoms with Crippen molar-refractivity contribution in [3.8, 4) is 0 Å². The number of hydrogen-bond acceptors (Lipinski definition) is 4. The van der Waals surface area contributed by atoms with Gasteiger partial charge in [0.2, 0.25) is 12.2 Å². The molecular weight excluding hydrogens is 300 g/mol. The van der Waals surface area contributed by atoms with Crippen molar-refractivity contribution < 1.29 is 9.59 Å². The molecule has 0 amide bonds. The number of benzene rings is 1. The molecule has 1 rings (SSSR count). The first kappa shape index (κ1) is 20.0. The van der Waals surface area contributed by atoms with E-state index in [1.54, 1.807) is 12.1 Å². The number of hydrogen-bond donors (Lipinski definition) is 0.